The third-order valence-corrected chi connectivity index (χ3v) is 2.69. The number of carbonyl (C=O) groups excluding carboxylic acids is 1. The summed E-state index contributed by atoms with van der Waals surface area (Å²) in [5.74, 6) is 0.101. The zero-order valence-corrected chi connectivity index (χ0v) is 10.1. The minimum atomic E-state index is -0.0711. The Morgan fingerprint density at radius 1 is 1.06 bits per heavy atom. The van der Waals surface area contributed by atoms with Gasteiger partial charge in [-0.15, -0.1) is 0 Å². The molecular weight excluding hydrogens is 224 g/mol. The predicted octanol–water partition coefficient (Wildman–Crippen LogP) is 3.60. The van der Waals surface area contributed by atoms with Crippen LogP contribution in [0.15, 0.2) is 54.6 Å². The Bertz CT molecular complexity index is 580. The number of ketones is 1. The average molecular weight is 238 g/mol. The number of para-hydroxylation sites is 1. The molecule has 2 nitrogen and oxygen atoms in total. The number of allylic oxidation sites excluding steroid dienone is 1. The maximum Gasteiger partial charge on any atom is 0.185 e. The zero-order chi connectivity index (χ0) is 13.0. The minimum Gasteiger partial charge on any atom is -0.507 e. The van der Waals surface area contributed by atoms with Crippen molar-refractivity contribution in [3.05, 3.63) is 71.3 Å². The molecule has 0 saturated heterocycles. The molecule has 90 valence electrons. The minimum absolute atomic E-state index is 0.0711. The maximum absolute atomic E-state index is 11.9. The Hall–Kier alpha value is -2.35. The molecule has 0 radical (unpaired) electrons. The molecular formula is C16H14O2. The van der Waals surface area contributed by atoms with E-state index in [-0.39, 0.29) is 11.5 Å². The number of hydrogen-bond acceptors (Lipinski definition) is 2. The van der Waals surface area contributed by atoms with Gasteiger partial charge in [0.15, 0.2) is 5.78 Å². The van der Waals surface area contributed by atoms with Gasteiger partial charge in [0.1, 0.15) is 5.75 Å². The Balaban J connectivity index is 2.17. The maximum atomic E-state index is 11.9. The number of benzene rings is 2. The Morgan fingerprint density at radius 2 is 1.72 bits per heavy atom. The lowest BCUT2D eigenvalue weighted by molar-refractivity contribution is 0.104. The van der Waals surface area contributed by atoms with Crippen LogP contribution >= 0.6 is 0 Å². The van der Waals surface area contributed by atoms with E-state index in [1.54, 1.807) is 36.4 Å². The first-order valence-corrected chi connectivity index (χ1v) is 5.74. The first-order chi connectivity index (χ1) is 8.66. The highest BCUT2D eigenvalue weighted by Crippen LogP contribution is 2.17. The van der Waals surface area contributed by atoms with Gasteiger partial charge in [-0.2, -0.15) is 0 Å². The van der Waals surface area contributed by atoms with Gasteiger partial charge in [0.2, 0.25) is 0 Å². The Labute approximate surface area is 106 Å². The molecule has 0 aliphatic rings. The molecule has 0 bridgehead atoms. The van der Waals surface area contributed by atoms with E-state index in [4.69, 9.17) is 0 Å². The summed E-state index contributed by atoms with van der Waals surface area (Å²) in [4.78, 5) is 11.9. The molecule has 0 heterocycles. The standard InChI is InChI=1S/C16H14O2/c1-12-6-8-14(9-7-12)16(18)11-10-13-4-2-3-5-15(13)17/h2-11,17H,1H3. The van der Waals surface area contributed by atoms with E-state index in [0.717, 1.165) is 5.56 Å². The first-order valence-electron chi connectivity index (χ1n) is 5.74. The van der Waals surface area contributed by atoms with E-state index in [1.165, 1.54) is 6.08 Å². The highest BCUT2D eigenvalue weighted by molar-refractivity contribution is 6.06. The summed E-state index contributed by atoms with van der Waals surface area (Å²) in [5.41, 5.74) is 2.40. The molecule has 0 aromatic heterocycles. The molecule has 2 heteroatoms. The van der Waals surface area contributed by atoms with E-state index in [9.17, 15) is 9.90 Å². The summed E-state index contributed by atoms with van der Waals surface area (Å²) >= 11 is 0. The van der Waals surface area contributed by atoms with Crippen molar-refractivity contribution < 1.29 is 9.90 Å². The highest BCUT2D eigenvalue weighted by atomic mass is 16.3. The molecule has 2 rings (SSSR count). The normalized spacial score (nSPS) is 10.7. The molecule has 0 saturated carbocycles. The second kappa shape index (κ2) is 5.32. The van der Waals surface area contributed by atoms with Crippen LogP contribution in [-0.2, 0) is 0 Å². The van der Waals surface area contributed by atoms with Gasteiger partial charge in [-0.1, -0.05) is 48.0 Å². The second-order valence-electron chi connectivity index (χ2n) is 4.12. The molecule has 0 atom stereocenters. The number of carbonyl (C=O) groups is 1. The number of hydrogen-bond donors (Lipinski definition) is 1. The van der Waals surface area contributed by atoms with Gasteiger partial charge >= 0.3 is 0 Å². The van der Waals surface area contributed by atoms with Gasteiger partial charge in [-0.3, -0.25) is 4.79 Å². The van der Waals surface area contributed by atoms with Crippen molar-refractivity contribution in [1.82, 2.24) is 0 Å². The number of phenols is 1. The van der Waals surface area contributed by atoms with Crippen molar-refractivity contribution in [2.24, 2.45) is 0 Å². The summed E-state index contributed by atoms with van der Waals surface area (Å²) in [7, 11) is 0. The summed E-state index contributed by atoms with van der Waals surface area (Å²) in [6.07, 6.45) is 3.09. The molecule has 0 fully saturated rings. The predicted molar refractivity (Wildman–Crippen MR) is 72.7 cm³/mol. The Kier molecular flexibility index (Phi) is 3.58. The lowest BCUT2D eigenvalue weighted by atomic mass is 10.1. The molecule has 0 spiro atoms. The third-order valence-electron chi connectivity index (χ3n) is 2.69. The fraction of sp³-hybridized carbons (Fsp3) is 0.0625. The number of aryl methyl sites for hydroxylation is 1. The number of aromatic hydroxyl groups is 1. The Morgan fingerprint density at radius 3 is 2.39 bits per heavy atom. The van der Waals surface area contributed by atoms with Crippen molar-refractivity contribution in [2.45, 2.75) is 6.92 Å². The summed E-state index contributed by atoms with van der Waals surface area (Å²) in [6.45, 7) is 1.98. The van der Waals surface area contributed by atoms with E-state index in [2.05, 4.69) is 0 Å². The number of rotatable bonds is 3. The monoisotopic (exact) mass is 238 g/mol. The molecule has 2 aromatic carbocycles. The summed E-state index contributed by atoms with van der Waals surface area (Å²) < 4.78 is 0. The van der Waals surface area contributed by atoms with Gasteiger partial charge in [0.05, 0.1) is 0 Å². The topological polar surface area (TPSA) is 37.3 Å². The van der Waals surface area contributed by atoms with Gasteiger partial charge < -0.3 is 5.11 Å². The highest BCUT2D eigenvalue weighted by Gasteiger charge is 2.01. The van der Waals surface area contributed by atoms with Gasteiger partial charge in [-0.25, -0.2) is 0 Å². The van der Waals surface area contributed by atoms with Crippen LogP contribution in [0, 0.1) is 6.92 Å². The van der Waals surface area contributed by atoms with Crippen molar-refractivity contribution in [1.29, 1.82) is 0 Å². The van der Waals surface area contributed by atoms with Crippen LogP contribution in [0.2, 0.25) is 0 Å². The van der Waals surface area contributed by atoms with Crippen molar-refractivity contribution in [2.75, 3.05) is 0 Å². The summed E-state index contributed by atoms with van der Waals surface area (Å²) in [6, 6.07) is 14.3. The van der Waals surface area contributed by atoms with E-state index in [0.29, 0.717) is 11.1 Å². The molecule has 0 aliphatic carbocycles. The lowest BCUT2D eigenvalue weighted by Gasteiger charge is -1.98. The van der Waals surface area contributed by atoms with Gasteiger partial charge in [-0.05, 0) is 25.1 Å². The average Bonchev–Trinajstić information content (AvgIpc) is 2.38. The second-order valence-corrected chi connectivity index (χ2v) is 4.12. The van der Waals surface area contributed by atoms with Crippen LogP contribution < -0.4 is 0 Å². The third kappa shape index (κ3) is 2.86. The zero-order valence-electron chi connectivity index (χ0n) is 10.1. The van der Waals surface area contributed by atoms with Crippen LogP contribution in [0.4, 0.5) is 0 Å². The van der Waals surface area contributed by atoms with Crippen molar-refractivity contribution >= 4 is 11.9 Å². The van der Waals surface area contributed by atoms with Crippen LogP contribution in [0.3, 0.4) is 0 Å². The molecule has 0 aliphatic heterocycles. The van der Waals surface area contributed by atoms with Gasteiger partial charge in [0, 0.05) is 11.1 Å². The molecule has 0 unspecified atom stereocenters. The van der Waals surface area contributed by atoms with Crippen LogP contribution in [-0.4, -0.2) is 10.9 Å². The molecule has 18 heavy (non-hydrogen) atoms. The van der Waals surface area contributed by atoms with Crippen molar-refractivity contribution in [3.8, 4) is 5.75 Å². The molecule has 2 aromatic rings. The summed E-state index contributed by atoms with van der Waals surface area (Å²) in [5, 5.41) is 9.57. The van der Waals surface area contributed by atoms with Crippen LogP contribution in [0.5, 0.6) is 5.75 Å². The van der Waals surface area contributed by atoms with E-state index in [1.807, 2.05) is 25.1 Å². The van der Waals surface area contributed by atoms with E-state index >= 15 is 0 Å². The van der Waals surface area contributed by atoms with E-state index < -0.39 is 0 Å². The van der Waals surface area contributed by atoms with Crippen LogP contribution in [0.25, 0.3) is 6.08 Å². The fourth-order valence-corrected chi connectivity index (χ4v) is 1.61. The van der Waals surface area contributed by atoms with Gasteiger partial charge in [0.25, 0.3) is 0 Å². The first kappa shape index (κ1) is 12.1. The molecule has 1 N–H and O–H groups in total. The molecule has 0 amide bonds. The fourth-order valence-electron chi connectivity index (χ4n) is 1.61. The smallest absolute Gasteiger partial charge is 0.185 e. The lowest BCUT2D eigenvalue weighted by Crippen LogP contribution is -1.93. The quantitative estimate of drug-likeness (QED) is 0.655. The largest absolute Gasteiger partial charge is 0.507 e. The van der Waals surface area contributed by atoms with Crippen LogP contribution in [0.1, 0.15) is 21.5 Å². The van der Waals surface area contributed by atoms with Crippen molar-refractivity contribution in [3.63, 3.8) is 0 Å². The SMILES string of the molecule is Cc1ccc(C(=O)C=Cc2ccccc2O)cc1. The number of phenolic OH excluding ortho intramolecular Hbond substituents is 1.